The maximum Gasteiger partial charge on any atom is 0.227 e. The van der Waals surface area contributed by atoms with Gasteiger partial charge in [0, 0.05) is 29.1 Å². The van der Waals surface area contributed by atoms with E-state index in [1.807, 2.05) is 30.5 Å². The molecule has 3 aromatic rings. The van der Waals surface area contributed by atoms with E-state index in [4.69, 9.17) is 4.42 Å². The fourth-order valence-corrected chi connectivity index (χ4v) is 4.16. The quantitative estimate of drug-likeness (QED) is 0.320. The first-order chi connectivity index (χ1) is 14.7. The number of fused-ring (bicyclic) bond motifs is 1. The number of aliphatic hydroxyl groups is 1. The van der Waals surface area contributed by atoms with Crippen LogP contribution in [0.15, 0.2) is 45.7 Å². The number of hydrogen-bond donors (Lipinski definition) is 3. The highest BCUT2D eigenvalue weighted by molar-refractivity contribution is 5.84. The van der Waals surface area contributed by atoms with Crippen LogP contribution >= 0.6 is 0 Å². The molecule has 0 fully saturated rings. The van der Waals surface area contributed by atoms with Crippen molar-refractivity contribution in [2.24, 2.45) is 0 Å². The van der Waals surface area contributed by atoms with E-state index in [0.717, 1.165) is 41.8 Å². The van der Waals surface area contributed by atoms with Gasteiger partial charge in [0.1, 0.15) is 12.4 Å². The van der Waals surface area contributed by atoms with Crippen molar-refractivity contribution in [2.45, 2.75) is 77.2 Å². The van der Waals surface area contributed by atoms with Crippen molar-refractivity contribution in [1.29, 1.82) is 0 Å². The molecule has 2 aromatic heterocycles. The van der Waals surface area contributed by atoms with Gasteiger partial charge in [-0.2, -0.15) is 0 Å². The summed E-state index contributed by atoms with van der Waals surface area (Å²) in [5.41, 5.74) is 1.50. The largest absolute Gasteiger partial charge is 0.502 e. The number of benzene rings is 1. The summed E-state index contributed by atoms with van der Waals surface area (Å²) in [5.74, 6) is -0.185. The lowest BCUT2D eigenvalue weighted by atomic mass is 9.89. The lowest BCUT2D eigenvalue weighted by Gasteiger charge is -2.17. The van der Waals surface area contributed by atoms with Crippen LogP contribution in [0.25, 0.3) is 10.9 Å². The van der Waals surface area contributed by atoms with E-state index in [9.17, 15) is 15.0 Å². The first-order valence-electron chi connectivity index (χ1n) is 11.2. The summed E-state index contributed by atoms with van der Waals surface area (Å²) in [6, 6.07) is 9.15. The molecule has 1 unspecified atom stereocenters. The van der Waals surface area contributed by atoms with Crippen molar-refractivity contribution < 1.29 is 14.6 Å². The highest BCUT2D eigenvalue weighted by Crippen LogP contribution is 2.38. The van der Waals surface area contributed by atoms with E-state index >= 15 is 0 Å². The van der Waals surface area contributed by atoms with E-state index in [0.29, 0.717) is 0 Å². The number of aromatic amines is 1. The Morgan fingerprint density at radius 1 is 1.03 bits per heavy atom. The van der Waals surface area contributed by atoms with Crippen molar-refractivity contribution in [1.82, 2.24) is 4.98 Å². The molecular weight excluding hydrogens is 378 g/mol. The Morgan fingerprint density at radius 3 is 2.47 bits per heavy atom. The van der Waals surface area contributed by atoms with Gasteiger partial charge in [-0.05, 0) is 18.1 Å². The van der Waals surface area contributed by atoms with Gasteiger partial charge in [-0.15, -0.1) is 0 Å². The third-order valence-corrected chi connectivity index (χ3v) is 5.82. The molecule has 5 nitrogen and oxygen atoms in total. The number of hydrogen-bond acceptors (Lipinski definition) is 4. The van der Waals surface area contributed by atoms with Crippen LogP contribution in [-0.4, -0.2) is 15.2 Å². The Balaban J connectivity index is 1.80. The topological polar surface area (TPSA) is 86.5 Å². The maximum atomic E-state index is 12.2. The minimum Gasteiger partial charge on any atom is -0.502 e. The van der Waals surface area contributed by atoms with Crippen LogP contribution < -0.4 is 5.43 Å². The summed E-state index contributed by atoms with van der Waals surface area (Å²) >= 11 is 0. The molecule has 5 heteroatoms. The molecule has 0 saturated carbocycles. The highest BCUT2D eigenvalue weighted by Gasteiger charge is 2.25. The van der Waals surface area contributed by atoms with Crippen molar-refractivity contribution >= 4 is 10.9 Å². The third kappa shape index (κ3) is 5.33. The number of nitrogens with one attached hydrogen (secondary N) is 1. The van der Waals surface area contributed by atoms with E-state index in [1.54, 1.807) is 0 Å². The van der Waals surface area contributed by atoms with Gasteiger partial charge < -0.3 is 19.6 Å². The van der Waals surface area contributed by atoms with Crippen LogP contribution in [0, 0.1) is 0 Å². The molecule has 2 heterocycles. The number of H-pyrrole nitrogens is 1. The molecule has 1 aromatic carbocycles. The predicted molar refractivity (Wildman–Crippen MR) is 120 cm³/mol. The Bertz CT molecular complexity index is 988. The lowest BCUT2D eigenvalue weighted by molar-refractivity contribution is 0.232. The summed E-state index contributed by atoms with van der Waals surface area (Å²) in [6.07, 6.45) is 12.4. The number of aliphatic hydroxyl groups excluding tert-OH is 1. The average molecular weight is 412 g/mol. The summed E-state index contributed by atoms with van der Waals surface area (Å²) in [7, 11) is 0. The van der Waals surface area contributed by atoms with Crippen molar-refractivity contribution in [3.63, 3.8) is 0 Å². The molecular formula is C25H33NO4. The second kappa shape index (κ2) is 11.0. The molecule has 0 bridgehead atoms. The molecule has 0 aliphatic carbocycles. The van der Waals surface area contributed by atoms with Crippen LogP contribution in [0.2, 0.25) is 0 Å². The standard InChI is InChI=1S/C25H33NO4/c1-2-3-4-5-6-7-8-9-13-20(21-16-26-22-14-11-10-12-19(21)22)25-24(29)23(28)15-18(17-27)30-25/h10-12,14-16,20,26-27,29H,2-9,13,17H2,1H3. The Kier molecular flexibility index (Phi) is 8.14. The zero-order chi connectivity index (χ0) is 21.3. The number of aromatic nitrogens is 1. The molecule has 0 radical (unpaired) electrons. The minimum absolute atomic E-state index is 0.175. The van der Waals surface area contributed by atoms with Gasteiger partial charge in [-0.25, -0.2) is 0 Å². The van der Waals surface area contributed by atoms with Gasteiger partial charge in [0.05, 0.1) is 0 Å². The van der Waals surface area contributed by atoms with Gasteiger partial charge in [0.25, 0.3) is 0 Å². The van der Waals surface area contributed by atoms with Crippen LogP contribution in [0.5, 0.6) is 5.75 Å². The van der Waals surface area contributed by atoms with Crippen LogP contribution in [-0.2, 0) is 6.61 Å². The number of rotatable bonds is 12. The Hall–Kier alpha value is -2.53. The molecule has 0 saturated heterocycles. The van der Waals surface area contributed by atoms with Gasteiger partial charge >= 0.3 is 0 Å². The summed E-state index contributed by atoms with van der Waals surface area (Å²) in [5, 5.41) is 21.0. The molecule has 1 atom stereocenters. The smallest absolute Gasteiger partial charge is 0.227 e. The van der Waals surface area contributed by atoms with Crippen molar-refractivity contribution in [3.05, 3.63) is 63.8 Å². The molecule has 3 rings (SSSR count). The predicted octanol–water partition coefficient (Wildman–Crippen LogP) is 5.98. The monoisotopic (exact) mass is 411 g/mol. The fourth-order valence-electron chi connectivity index (χ4n) is 4.16. The number of unbranched alkanes of at least 4 members (excludes halogenated alkanes) is 7. The maximum absolute atomic E-state index is 12.2. The van der Waals surface area contributed by atoms with E-state index in [-0.39, 0.29) is 29.8 Å². The average Bonchev–Trinajstić information content (AvgIpc) is 3.19. The zero-order valence-corrected chi connectivity index (χ0v) is 17.8. The summed E-state index contributed by atoms with van der Waals surface area (Å²) in [6.45, 7) is 1.85. The normalized spacial score (nSPS) is 12.5. The van der Waals surface area contributed by atoms with Gasteiger partial charge in [0.2, 0.25) is 11.2 Å². The van der Waals surface area contributed by atoms with Gasteiger partial charge in [-0.3, -0.25) is 4.79 Å². The van der Waals surface area contributed by atoms with E-state index < -0.39 is 5.43 Å². The van der Waals surface area contributed by atoms with Crippen molar-refractivity contribution in [2.75, 3.05) is 0 Å². The lowest BCUT2D eigenvalue weighted by Crippen LogP contribution is -2.10. The first-order valence-corrected chi connectivity index (χ1v) is 11.2. The fraction of sp³-hybridized carbons (Fsp3) is 0.480. The summed E-state index contributed by atoms with van der Waals surface area (Å²) in [4.78, 5) is 15.5. The highest BCUT2D eigenvalue weighted by atomic mass is 16.4. The molecule has 0 amide bonds. The second-order valence-electron chi connectivity index (χ2n) is 8.05. The second-order valence-corrected chi connectivity index (χ2v) is 8.05. The first kappa shape index (κ1) is 22.2. The molecule has 0 aliphatic rings. The third-order valence-electron chi connectivity index (χ3n) is 5.82. The van der Waals surface area contributed by atoms with Crippen LogP contribution in [0.3, 0.4) is 0 Å². The molecule has 30 heavy (non-hydrogen) atoms. The molecule has 3 N–H and O–H groups in total. The van der Waals surface area contributed by atoms with Crippen LogP contribution in [0.1, 0.15) is 87.7 Å². The van der Waals surface area contributed by atoms with Crippen molar-refractivity contribution in [3.8, 4) is 5.75 Å². The zero-order valence-electron chi connectivity index (χ0n) is 17.8. The summed E-state index contributed by atoms with van der Waals surface area (Å²) < 4.78 is 5.78. The van der Waals surface area contributed by atoms with E-state index in [1.165, 1.54) is 38.5 Å². The Labute approximate surface area is 177 Å². The SMILES string of the molecule is CCCCCCCCCCC(c1oc(CO)cc(=O)c1O)c1c[nH]c2ccccc12. The molecule has 162 valence electrons. The molecule has 0 spiro atoms. The number of para-hydroxylation sites is 1. The Morgan fingerprint density at radius 2 is 1.73 bits per heavy atom. The van der Waals surface area contributed by atoms with Gasteiger partial charge in [0.15, 0.2) is 5.76 Å². The van der Waals surface area contributed by atoms with Crippen LogP contribution in [0.4, 0.5) is 0 Å². The van der Waals surface area contributed by atoms with E-state index in [2.05, 4.69) is 11.9 Å². The van der Waals surface area contributed by atoms with Gasteiger partial charge in [-0.1, -0.05) is 76.5 Å². The molecule has 0 aliphatic heterocycles. The minimum atomic E-state index is -0.513. The number of aromatic hydroxyl groups is 1.